The molecule has 0 amide bonds. The van der Waals surface area contributed by atoms with Crippen LogP contribution in [-0.4, -0.2) is 33.4 Å². The fourth-order valence-corrected chi connectivity index (χ4v) is 2.35. The molecule has 0 aliphatic heterocycles. The summed E-state index contributed by atoms with van der Waals surface area (Å²) < 4.78 is 63.3. The van der Waals surface area contributed by atoms with Crippen molar-refractivity contribution in [1.82, 2.24) is 9.97 Å². The molecule has 0 spiro atoms. The summed E-state index contributed by atoms with van der Waals surface area (Å²) in [6.45, 7) is 1.53. The smallest absolute Gasteiger partial charge is 0.433 e. The van der Waals surface area contributed by atoms with Gasteiger partial charge in [-0.1, -0.05) is 24.3 Å². The highest BCUT2D eigenvalue weighted by Gasteiger charge is 2.39. The van der Waals surface area contributed by atoms with Gasteiger partial charge in [-0.3, -0.25) is 15.2 Å². The van der Waals surface area contributed by atoms with Crippen LogP contribution in [0.4, 0.5) is 27.8 Å². The Morgan fingerprint density at radius 2 is 1.89 bits per heavy atom. The van der Waals surface area contributed by atoms with E-state index < -0.39 is 53.7 Å². The first kappa shape index (κ1) is 20.3. The normalized spacial score (nSPS) is 12.9. The first-order valence-electron chi connectivity index (χ1n) is 7.62. The van der Waals surface area contributed by atoms with Gasteiger partial charge in [-0.15, -0.1) is 0 Å². The SMILES string of the molecule is CC(Nc1nc(O)[nH]c(=O)c1C(=N)C(F)(F)F)c1ccc(CC(F)F)cc1. The first-order chi connectivity index (χ1) is 12.5. The Hall–Kier alpha value is -2.98. The van der Waals surface area contributed by atoms with Crippen LogP contribution in [0.2, 0.25) is 0 Å². The maximum Gasteiger partial charge on any atom is 0.433 e. The number of H-pyrrole nitrogens is 1. The summed E-state index contributed by atoms with van der Waals surface area (Å²) in [5.41, 5.74) is -3.42. The Morgan fingerprint density at radius 3 is 2.41 bits per heavy atom. The zero-order valence-electron chi connectivity index (χ0n) is 13.9. The van der Waals surface area contributed by atoms with Crippen LogP contribution in [0.25, 0.3) is 0 Å². The van der Waals surface area contributed by atoms with E-state index in [1.54, 1.807) is 4.98 Å². The number of alkyl halides is 5. The number of benzene rings is 1. The molecule has 0 aliphatic rings. The summed E-state index contributed by atoms with van der Waals surface area (Å²) in [7, 11) is 0. The maximum absolute atomic E-state index is 12.8. The van der Waals surface area contributed by atoms with E-state index in [2.05, 4.69) is 10.3 Å². The predicted molar refractivity (Wildman–Crippen MR) is 87.6 cm³/mol. The average molecular weight is 390 g/mol. The summed E-state index contributed by atoms with van der Waals surface area (Å²) >= 11 is 0. The molecule has 1 atom stereocenters. The van der Waals surface area contributed by atoms with Gasteiger partial charge in [0.25, 0.3) is 11.6 Å². The maximum atomic E-state index is 12.8. The molecule has 0 aliphatic carbocycles. The van der Waals surface area contributed by atoms with Gasteiger partial charge in [-0.05, 0) is 18.1 Å². The molecule has 0 fully saturated rings. The lowest BCUT2D eigenvalue weighted by atomic mass is 10.0. The van der Waals surface area contributed by atoms with Gasteiger partial charge in [0, 0.05) is 12.5 Å². The fraction of sp³-hybridized carbons (Fsp3) is 0.312. The second kappa shape index (κ2) is 7.72. The number of halogens is 5. The van der Waals surface area contributed by atoms with Gasteiger partial charge in [-0.25, -0.2) is 8.78 Å². The molecule has 4 N–H and O–H groups in total. The van der Waals surface area contributed by atoms with Crippen molar-refractivity contribution in [1.29, 1.82) is 5.41 Å². The number of aromatic amines is 1. The van der Waals surface area contributed by atoms with Crippen LogP contribution >= 0.6 is 0 Å². The molecule has 6 nitrogen and oxygen atoms in total. The third-order valence-electron chi connectivity index (χ3n) is 3.66. The van der Waals surface area contributed by atoms with Crippen LogP contribution in [-0.2, 0) is 6.42 Å². The van der Waals surface area contributed by atoms with Crippen molar-refractivity contribution in [3.05, 3.63) is 51.3 Å². The second-order valence-electron chi connectivity index (χ2n) is 5.69. The number of nitrogens with zero attached hydrogens (tertiary/aromatic N) is 1. The molecule has 0 radical (unpaired) electrons. The lowest BCUT2D eigenvalue weighted by Crippen LogP contribution is -2.31. The van der Waals surface area contributed by atoms with E-state index in [9.17, 15) is 31.9 Å². The number of nitrogens with one attached hydrogen (secondary N) is 3. The van der Waals surface area contributed by atoms with Gasteiger partial charge < -0.3 is 10.4 Å². The lowest BCUT2D eigenvalue weighted by molar-refractivity contribution is -0.0588. The third kappa shape index (κ3) is 5.02. The van der Waals surface area contributed by atoms with E-state index in [0.717, 1.165) is 0 Å². The summed E-state index contributed by atoms with van der Waals surface area (Å²) in [4.78, 5) is 17.0. The van der Waals surface area contributed by atoms with Crippen LogP contribution in [0.3, 0.4) is 0 Å². The van der Waals surface area contributed by atoms with Crippen LogP contribution in [0.1, 0.15) is 29.7 Å². The lowest BCUT2D eigenvalue weighted by Gasteiger charge is -2.18. The highest BCUT2D eigenvalue weighted by Crippen LogP contribution is 2.26. The number of aromatic nitrogens is 2. The molecular weight excluding hydrogens is 375 g/mol. The Labute approximate surface area is 149 Å². The monoisotopic (exact) mass is 390 g/mol. The highest BCUT2D eigenvalue weighted by atomic mass is 19.4. The van der Waals surface area contributed by atoms with Crippen molar-refractivity contribution in [2.45, 2.75) is 32.0 Å². The van der Waals surface area contributed by atoms with Crippen molar-refractivity contribution in [2.75, 3.05) is 5.32 Å². The Morgan fingerprint density at radius 1 is 1.30 bits per heavy atom. The Balaban J connectivity index is 2.33. The van der Waals surface area contributed by atoms with Gasteiger partial charge >= 0.3 is 6.18 Å². The van der Waals surface area contributed by atoms with Gasteiger partial charge in [-0.2, -0.15) is 18.2 Å². The molecule has 2 aromatic rings. The summed E-state index contributed by atoms with van der Waals surface area (Å²) in [6, 6.07) is 4.27. The molecule has 11 heteroatoms. The van der Waals surface area contributed by atoms with Gasteiger partial charge in [0.2, 0.25) is 6.43 Å². The topological polar surface area (TPSA) is 102 Å². The molecule has 1 aromatic carbocycles. The van der Waals surface area contributed by atoms with E-state index in [-0.39, 0.29) is 0 Å². The largest absolute Gasteiger partial charge is 0.480 e. The average Bonchev–Trinajstić information content (AvgIpc) is 2.53. The molecule has 146 valence electrons. The van der Waals surface area contributed by atoms with E-state index in [0.29, 0.717) is 11.1 Å². The first-order valence-corrected chi connectivity index (χ1v) is 7.62. The van der Waals surface area contributed by atoms with Crippen LogP contribution in [0, 0.1) is 5.41 Å². The zero-order valence-corrected chi connectivity index (χ0v) is 13.9. The number of hydrogen-bond acceptors (Lipinski definition) is 5. The predicted octanol–water partition coefficient (Wildman–Crippen LogP) is 3.39. The van der Waals surface area contributed by atoms with Crippen molar-refractivity contribution >= 4 is 11.5 Å². The minimum absolute atomic E-state index is 0.382. The minimum Gasteiger partial charge on any atom is -0.480 e. The second-order valence-corrected chi connectivity index (χ2v) is 5.69. The summed E-state index contributed by atoms with van der Waals surface area (Å²) in [6.07, 6.45) is -8.04. The molecule has 1 unspecified atom stereocenters. The molecular formula is C16H15F5N4O2. The van der Waals surface area contributed by atoms with Crippen LogP contribution in [0.15, 0.2) is 29.1 Å². The molecule has 27 heavy (non-hydrogen) atoms. The van der Waals surface area contributed by atoms with Crippen molar-refractivity contribution in [3.8, 4) is 6.01 Å². The van der Waals surface area contributed by atoms with Gasteiger partial charge in [0.1, 0.15) is 11.4 Å². The fourth-order valence-electron chi connectivity index (χ4n) is 2.35. The summed E-state index contributed by atoms with van der Waals surface area (Å²) in [5, 5.41) is 19.1. The highest BCUT2D eigenvalue weighted by molar-refractivity contribution is 6.05. The van der Waals surface area contributed by atoms with Crippen LogP contribution in [0.5, 0.6) is 6.01 Å². The Kier molecular flexibility index (Phi) is 5.82. The van der Waals surface area contributed by atoms with E-state index >= 15 is 0 Å². The Bertz CT molecular complexity index is 878. The number of hydrogen-bond donors (Lipinski definition) is 4. The molecule has 0 bridgehead atoms. The zero-order chi connectivity index (χ0) is 20.4. The number of rotatable bonds is 6. The molecule has 0 saturated carbocycles. The quantitative estimate of drug-likeness (QED) is 0.449. The third-order valence-corrected chi connectivity index (χ3v) is 3.66. The van der Waals surface area contributed by atoms with E-state index in [1.807, 2.05) is 0 Å². The summed E-state index contributed by atoms with van der Waals surface area (Å²) in [5.74, 6) is -0.622. The number of aromatic hydroxyl groups is 1. The molecule has 2 rings (SSSR count). The minimum atomic E-state index is -5.09. The van der Waals surface area contributed by atoms with E-state index in [1.165, 1.54) is 31.2 Å². The van der Waals surface area contributed by atoms with Crippen molar-refractivity contribution in [2.24, 2.45) is 0 Å². The standard InChI is InChI=1S/C16H15F5N4O2/c1-7(9-4-2-8(3-5-9)6-10(17)18)23-13-11(12(22)16(19,20)21)14(26)25-15(27)24-13/h2-5,7,10,22H,6H2,1H3,(H3,23,24,25,26,27). The molecule has 1 aromatic heterocycles. The number of anilines is 1. The molecule has 0 saturated heterocycles. The van der Waals surface area contributed by atoms with Crippen molar-refractivity contribution < 1.29 is 27.1 Å². The van der Waals surface area contributed by atoms with E-state index in [4.69, 9.17) is 5.41 Å². The van der Waals surface area contributed by atoms with Crippen molar-refractivity contribution in [3.63, 3.8) is 0 Å². The van der Waals surface area contributed by atoms with Gasteiger partial charge in [0.05, 0.1) is 0 Å². The van der Waals surface area contributed by atoms with Crippen LogP contribution < -0.4 is 10.9 Å². The van der Waals surface area contributed by atoms with Gasteiger partial charge in [0.15, 0.2) is 5.71 Å². The molecule has 1 heterocycles.